The molecule has 178 valence electrons. The first-order valence-corrected chi connectivity index (χ1v) is 14.8. The summed E-state index contributed by atoms with van der Waals surface area (Å²) in [6, 6.07) is 5.58. The van der Waals surface area contributed by atoms with Crippen molar-refractivity contribution in [1.82, 2.24) is 9.03 Å². The van der Waals surface area contributed by atoms with E-state index in [9.17, 15) is 16.8 Å². The third-order valence-corrected chi connectivity index (χ3v) is 11.7. The van der Waals surface area contributed by atoms with Gasteiger partial charge in [-0.3, -0.25) is 0 Å². The van der Waals surface area contributed by atoms with Gasteiger partial charge < -0.3 is 4.74 Å². The Balaban J connectivity index is 1.34. The molecule has 1 N–H and O–H groups in total. The van der Waals surface area contributed by atoms with E-state index in [-0.39, 0.29) is 21.2 Å². The van der Waals surface area contributed by atoms with Crippen LogP contribution in [0.2, 0.25) is 0 Å². The maximum Gasteiger partial charge on any atom is 0.243 e. The Labute approximate surface area is 192 Å². The molecule has 4 bridgehead atoms. The van der Waals surface area contributed by atoms with Gasteiger partial charge in [-0.1, -0.05) is 6.92 Å². The summed E-state index contributed by atoms with van der Waals surface area (Å²) in [5.41, 5.74) is 0.0795. The molecular formula is C23H34N2O5S2. The van der Waals surface area contributed by atoms with E-state index < -0.39 is 20.0 Å². The summed E-state index contributed by atoms with van der Waals surface area (Å²) < 4.78 is 61.9. The van der Waals surface area contributed by atoms with E-state index >= 15 is 0 Å². The average Bonchev–Trinajstić information content (AvgIpc) is 2.77. The van der Waals surface area contributed by atoms with Gasteiger partial charge in [0.15, 0.2) is 0 Å². The van der Waals surface area contributed by atoms with E-state index in [1.165, 1.54) is 47.8 Å². The monoisotopic (exact) mass is 482 g/mol. The molecule has 0 amide bonds. The van der Waals surface area contributed by atoms with E-state index in [0.29, 0.717) is 26.3 Å². The van der Waals surface area contributed by atoms with Crippen LogP contribution in [0.25, 0.3) is 0 Å². The summed E-state index contributed by atoms with van der Waals surface area (Å²) in [6.07, 6.45) is 8.14. The summed E-state index contributed by atoms with van der Waals surface area (Å²) >= 11 is 0. The zero-order valence-electron chi connectivity index (χ0n) is 18.7. The molecule has 9 heteroatoms. The molecule has 4 aliphatic carbocycles. The maximum atomic E-state index is 13.3. The van der Waals surface area contributed by atoms with Gasteiger partial charge in [0.2, 0.25) is 20.0 Å². The molecule has 1 saturated heterocycles. The lowest BCUT2D eigenvalue weighted by Gasteiger charge is -2.59. The second-order valence-electron chi connectivity index (χ2n) is 10.3. The predicted octanol–water partition coefficient (Wildman–Crippen LogP) is 2.98. The van der Waals surface area contributed by atoms with Crippen LogP contribution in [-0.4, -0.2) is 53.5 Å². The Kier molecular flexibility index (Phi) is 5.94. The normalized spacial score (nSPS) is 34.0. The number of rotatable bonds is 7. The topological polar surface area (TPSA) is 92.8 Å². The SMILES string of the molecule is CC[C@H](NS(=O)(=O)c1ccc(S(=O)(=O)N2CCOCC2)cc1)C12CC3CC(CC(C3)C1)C2. The van der Waals surface area contributed by atoms with Gasteiger partial charge >= 0.3 is 0 Å². The van der Waals surface area contributed by atoms with Gasteiger partial charge in [0.25, 0.3) is 0 Å². The van der Waals surface area contributed by atoms with Crippen molar-refractivity contribution in [2.45, 2.75) is 67.7 Å². The molecule has 0 spiro atoms. The minimum absolute atomic E-state index is 0.0716. The molecule has 1 aliphatic heterocycles. The zero-order valence-corrected chi connectivity index (χ0v) is 20.3. The van der Waals surface area contributed by atoms with Crippen molar-refractivity contribution in [3.8, 4) is 0 Å². The number of morpholine rings is 1. The second kappa shape index (κ2) is 8.34. The van der Waals surface area contributed by atoms with Crippen molar-refractivity contribution in [1.29, 1.82) is 0 Å². The predicted molar refractivity (Wildman–Crippen MR) is 121 cm³/mol. The Morgan fingerprint density at radius 1 is 0.938 bits per heavy atom. The lowest BCUT2D eigenvalue weighted by molar-refractivity contribution is -0.0704. The molecule has 1 aromatic carbocycles. The van der Waals surface area contributed by atoms with E-state index in [1.807, 2.05) is 0 Å². The van der Waals surface area contributed by atoms with Crippen molar-refractivity contribution in [2.75, 3.05) is 26.3 Å². The van der Waals surface area contributed by atoms with Gasteiger partial charge in [0.05, 0.1) is 23.0 Å². The molecule has 32 heavy (non-hydrogen) atoms. The fraction of sp³-hybridized carbons (Fsp3) is 0.739. The van der Waals surface area contributed by atoms with Gasteiger partial charge in [0, 0.05) is 19.1 Å². The standard InChI is InChI=1S/C23H34N2O5S2/c1-2-22(23-14-17-11-18(15-23)13-19(12-17)16-23)24-31(26,27)20-3-5-21(6-4-20)32(28,29)25-7-9-30-10-8-25/h3-6,17-19,22,24H,2,7-16H2,1H3/t17?,18?,19?,22-,23?/m0/s1. The fourth-order valence-electron chi connectivity index (χ4n) is 7.23. The number of nitrogens with one attached hydrogen (secondary N) is 1. The van der Waals surface area contributed by atoms with E-state index in [0.717, 1.165) is 43.4 Å². The van der Waals surface area contributed by atoms with Gasteiger partial charge in [-0.15, -0.1) is 0 Å². The van der Waals surface area contributed by atoms with Crippen LogP contribution in [0.4, 0.5) is 0 Å². The summed E-state index contributed by atoms with van der Waals surface area (Å²) in [7, 11) is -7.38. The first-order chi connectivity index (χ1) is 15.2. The largest absolute Gasteiger partial charge is 0.379 e. The molecule has 1 atom stereocenters. The molecule has 1 aromatic rings. The molecule has 5 aliphatic rings. The van der Waals surface area contributed by atoms with Crippen molar-refractivity contribution < 1.29 is 21.6 Å². The average molecular weight is 483 g/mol. The minimum atomic E-state index is -3.73. The number of hydrogen-bond donors (Lipinski definition) is 1. The zero-order chi connectivity index (χ0) is 22.6. The van der Waals surface area contributed by atoms with Crippen LogP contribution in [0, 0.1) is 23.2 Å². The van der Waals surface area contributed by atoms with Crippen LogP contribution < -0.4 is 4.72 Å². The number of hydrogen-bond acceptors (Lipinski definition) is 5. The molecule has 6 rings (SSSR count). The number of ether oxygens (including phenoxy) is 1. The highest BCUT2D eigenvalue weighted by Gasteiger charge is 2.54. The number of sulfonamides is 2. The third kappa shape index (κ3) is 4.04. The molecule has 7 nitrogen and oxygen atoms in total. The van der Waals surface area contributed by atoms with Gasteiger partial charge in [-0.05, 0) is 92.4 Å². The van der Waals surface area contributed by atoms with E-state index in [1.54, 1.807) is 0 Å². The van der Waals surface area contributed by atoms with Crippen LogP contribution >= 0.6 is 0 Å². The Morgan fingerprint density at radius 2 is 1.44 bits per heavy atom. The Morgan fingerprint density at radius 3 is 1.94 bits per heavy atom. The lowest BCUT2D eigenvalue weighted by Crippen LogP contribution is -2.56. The summed E-state index contributed by atoms with van der Waals surface area (Å²) in [5, 5.41) is 0. The fourth-order valence-corrected chi connectivity index (χ4v) is 10.1. The first kappa shape index (κ1) is 22.8. The minimum Gasteiger partial charge on any atom is -0.379 e. The van der Waals surface area contributed by atoms with Crippen molar-refractivity contribution in [2.24, 2.45) is 23.2 Å². The highest BCUT2D eigenvalue weighted by molar-refractivity contribution is 7.89. The molecule has 0 unspecified atom stereocenters. The first-order valence-electron chi connectivity index (χ1n) is 11.9. The highest BCUT2D eigenvalue weighted by atomic mass is 32.2. The van der Waals surface area contributed by atoms with Crippen LogP contribution in [0.3, 0.4) is 0 Å². The molecule has 0 radical (unpaired) electrons. The quantitative estimate of drug-likeness (QED) is 0.645. The van der Waals surface area contributed by atoms with Crippen molar-refractivity contribution >= 4 is 20.0 Å². The van der Waals surface area contributed by atoms with Gasteiger partial charge in [-0.2, -0.15) is 4.31 Å². The van der Waals surface area contributed by atoms with Gasteiger partial charge in [0.1, 0.15) is 0 Å². The molecule has 1 heterocycles. The van der Waals surface area contributed by atoms with Crippen molar-refractivity contribution in [3.63, 3.8) is 0 Å². The van der Waals surface area contributed by atoms with Crippen LogP contribution in [-0.2, 0) is 24.8 Å². The maximum absolute atomic E-state index is 13.3. The van der Waals surface area contributed by atoms with Crippen LogP contribution in [0.1, 0.15) is 51.9 Å². The number of benzene rings is 1. The molecule has 4 saturated carbocycles. The Bertz CT molecular complexity index is 1010. The van der Waals surface area contributed by atoms with E-state index in [2.05, 4.69) is 11.6 Å². The third-order valence-electron chi connectivity index (χ3n) is 8.27. The lowest BCUT2D eigenvalue weighted by atomic mass is 9.47. The molecule has 5 fully saturated rings. The summed E-state index contributed by atoms with van der Waals surface area (Å²) in [5.74, 6) is 2.26. The molecular weight excluding hydrogens is 448 g/mol. The smallest absolute Gasteiger partial charge is 0.243 e. The van der Waals surface area contributed by atoms with Crippen LogP contribution in [0.5, 0.6) is 0 Å². The van der Waals surface area contributed by atoms with Gasteiger partial charge in [-0.25, -0.2) is 21.6 Å². The highest BCUT2D eigenvalue weighted by Crippen LogP contribution is 2.61. The van der Waals surface area contributed by atoms with Crippen LogP contribution in [0.15, 0.2) is 34.1 Å². The van der Waals surface area contributed by atoms with E-state index in [4.69, 9.17) is 4.74 Å². The second-order valence-corrected chi connectivity index (χ2v) is 14.0. The molecule has 0 aromatic heterocycles. The number of nitrogens with zero attached hydrogens (tertiary/aromatic N) is 1. The Hall–Kier alpha value is -1.00. The van der Waals surface area contributed by atoms with Crippen molar-refractivity contribution in [3.05, 3.63) is 24.3 Å². The summed E-state index contributed by atoms with van der Waals surface area (Å²) in [6.45, 7) is 3.45. The summed E-state index contributed by atoms with van der Waals surface area (Å²) in [4.78, 5) is 0.244.